The molecular formula is C12H13BrN2S. The molecule has 0 aliphatic rings. The van der Waals surface area contributed by atoms with E-state index in [0.29, 0.717) is 0 Å². The van der Waals surface area contributed by atoms with Crippen LogP contribution in [0.3, 0.4) is 0 Å². The first-order valence-corrected chi connectivity index (χ1v) is 6.68. The summed E-state index contributed by atoms with van der Waals surface area (Å²) in [5, 5.41) is 4.49. The van der Waals surface area contributed by atoms with E-state index in [4.69, 9.17) is 0 Å². The van der Waals surface area contributed by atoms with Gasteiger partial charge in [-0.25, -0.2) is 4.98 Å². The quantitative estimate of drug-likeness (QED) is 0.921. The lowest BCUT2D eigenvalue weighted by Crippen LogP contribution is -1.98. The van der Waals surface area contributed by atoms with Crippen molar-refractivity contribution >= 4 is 33.0 Å². The summed E-state index contributed by atoms with van der Waals surface area (Å²) < 4.78 is 1.10. The number of nitrogens with zero attached hydrogens (tertiary/aromatic N) is 1. The van der Waals surface area contributed by atoms with E-state index in [2.05, 4.69) is 52.2 Å². The van der Waals surface area contributed by atoms with Crippen LogP contribution in [0.5, 0.6) is 0 Å². The minimum atomic E-state index is 0.793. The van der Waals surface area contributed by atoms with Crippen molar-refractivity contribution in [3.63, 3.8) is 0 Å². The highest BCUT2D eigenvalue weighted by Gasteiger charge is 2.02. The standard InChI is InChI=1S/C12H13BrN2S/c1-8-9(2)16-12(15-8)7-14-11-5-3-10(13)4-6-11/h3-6,14H,7H2,1-2H3. The molecule has 4 heteroatoms. The van der Waals surface area contributed by atoms with Gasteiger partial charge in [0.25, 0.3) is 0 Å². The fourth-order valence-electron chi connectivity index (χ4n) is 1.36. The minimum absolute atomic E-state index is 0.793. The van der Waals surface area contributed by atoms with Crippen LogP contribution in [-0.4, -0.2) is 4.98 Å². The summed E-state index contributed by atoms with van der Waals surface area (Å²) in [5.74, 6) is 0. The molecule has 1 N–H and O–H groups in total. The van der Waals surface area contributed by atoms with Crippen LogP contribution in [-0.2, 0) is 6.54 Å². The lowest BCUT2D eigenvalue weighted by atomic mass is 10.3. The van der Waals surface area contributed by atoms with Crippen LogP contribution in [0.4, 0.5) is 5.69 Å². The number of nitrogens with one attached hydrogen (secondary N) is 1. The second kappa shape index (κ2) is 4.97. The highest BCUT2D eigenvalue weighted by molar-refractivity contribution is 9.10. The van der Waals surface area contributed by atoms with Crippen LogP contribution in [0.15, 0.2) is 28.7 Å². The number of halogens is 1. The Balaban J connectivity index is 1.99. The van der Waals surface area contributed by atoms with Gasteiger partial charge in [0.15, 0.2) is 0 Å². The molecule has 0 fully saturated rings. The minimum Gasteiger partial charge on any atom is -0.379 e. The maximum absolute atomic E-state index is 4.49. The molecule has 84 valence electrons. The third kappa shape index (κ3) is 2.83. The zero-order valence-electron chi connectivity index (χ0n) is 9.25. The fraction of sp³-hybridized carbons (Fsp3) is 0.250. The molecule has 0 radical (unpaired) electrons. The molecule has 0 atom stereocenters. The fourth-order valence-corrected chi connectivity index (χ4v) is 2.50. The van der Waals surface area contributed by atoms with Gasteiger partial charge in [0.05, 0.1) is 12.2 Å². The van der Waals surface area contributed by atoms with Gasteiger partial charge in [-0.15, -0.1) is 11.3 Å². The second-order valence-corrected chi connectivity index (χ2v) is 5.81. The van der Waals surface area contributed by atoms with Gasteiger partial charge in [-0.3, -0.25) is 0 Å². The Bertz CT molecular complexity index is 457. The van der Waals surface area contributed by atoms with Gasteiger partial charge < -0.3 is 5.32 Å². The molecule has 0 amide bonds. The van der Waals surface area contributed by atoms with E-state index in [1.807, 2.05) is 12.1 Å². The molecule has 2 rings (SSSR count). The van der Waals surface area contributed by atoms with Crippen LogP contribution in [0.2, 0.25) is 0 Å². The molecule has 1 aromatic carbocycles. The Hall–Kier alpha value is -0.870. The largest absolute Gasteiger partial charge is 0.379 e. The zero-order chi connectivity index (χ0) is 11.5. The van der Waals surface area contributed by atoms with Crippen molar-refractivity contribution in [2.24, 2.45) is 0 Å². The molecule has 0 bridgehead atoms. The number of benzene rings is 1. The van der Waals surface area contributed by atoms with E-state index in [1.54, 1.807) is 11.3 Å². The van der Waals surface area contributed by atoms with E-state index < -0.39 is 0 Å². The maximum Gasteiger partial charge on any atom is 0.112 e. The van der Waals surface area contributed by atoms with Gasteiger partial charge in [0.2, 0.25) is 0 Å². The summed E-state index contributed by atoms with van der Waals surface area (Å²) in [4.78, 5) is 5.79. The average molecular weight is 297 g/mol. The normalized spacial score (nSPS) is 10.4. The summed E-state index contributed by atoms with van der Waals surface area (Å²) in [6.45, 7) is 4.95. The topological polar surface area (TPSA) is 24.9 Å². The first-order valence-electron chi connectivity index (χ1n) is 5.07. The number of aromatic nitrogens is 1. The zero-order valence-corrected chi connectivity index (χ0v) is 11.7. The van der Waals surface area contributed by atoms with Crippen LogP contribution < -0.4 is 5.32 Å². The Labute approximate surface area is 108 Å². The van der Waals surface area contributed by atoms with Crippen molar-refractivity contribution < 1.29 is 0 Å². The Morgan fingerprint density at radius 1 is 1.25 bits per heavy atom. The summed E-state index contributed by atoms with van der Waals surface area (Å²) in [5.41, 5.74) is 2.26. The van der Waals surface area contributed by atoms with Crippen molar-refractivity contribution in [2.75, 3.05) is 5.32 Å². The molecule has 0 saturated carbocycles. The van der Waals surface area contributed by atoms with Crippen molar-refractivity contribution in [1.82, 2.24) is 4.98 Å². The summed E-state index contributed by atoms with van der Waals surface area (Å²) >= 11 is 5.17. The van der Waals surface area contributed by atoms with E-state index in [9.17, 15) is 0 Å². The molecule has 2 nitrogen and oxygen atoms in total. The molecule has 16 heavy (non-hydrogen) atoms. The number of anilines is 1. The molecule has 0 aliphatic heterocycles. The van der Waals surface area contributed by atoms with E-state index in [1.165, 1.54) is 4.88 Å². The molecule has 0 aliphatic carbocycles. The van der Waals surface area contributed by atoms with Gasteiger partial charge in [0.1, 0.15) is 5.01 Å². The van der Waals surface area contributed by atoms with Gasteiger partial charge in [-0.1, -0.05) is 15.9 Å². The van der Waals surface area contributed by atoms with E-state index >= 15 is 0 Å². The third-order valence-corrected chi connectivity index (χ3v) is 3.96. The summed E-state index contributed by atoms with van der Waals surface area (Å²) in [7, 11) is 0. The molecule has 2 aromatic rings. The number of rotatable bonds is 3. The lowest BCUT2D eigenvalue weighted by Gasteiger charge is -2.03. The Kier molecular flexibility index (Phi) is 3.61. The molecule has 0 saturated heterocycles. The molecule has 0 unspecified atom stereocenters. The predicted octanol–water partition coefficient (Wildman–Crippen LogP) is 4.13. The van der Waals surface area contributed by atoms with Gasteiger partial charge in [-0.05, 0) is 38.1 Å². The highest BCUT2D eigenvalue weighted by Crippen LogP contribution is 2.19. The number of hydrogen-bond acceptors (Lipinski definition) is 3. The van der Waals surface area contributed by atoms with Crippen LogP contribution in [0, 0.1) is 13.8 Å². The molecule has 1 heterocycles. The summed E-state index contributed by atoms with van der Waals surface area (Å²) in [6.07, 6.45) is 0. The van der Waals surface area contributed by atoms with Gasteiger partial charge in [-0.2, -0.15) is 0 Å². The van der Waals surface area contributed by atoms with Crippen molar-refractivity contribution in [2.45, 2.75) is 20.4 Å². The van der Waals surface area contributed by atoms with Gasteiger partial charge >= 0.3 is 0 Å². The first kappa shape index (κ1) is 11.6. The average Bonchev–Trinajstić information content (AvgIpc) is 2.58. The first-order chi connectivity index (χ1) is 7.65. The molecule has 1 aromatic heterocycles. The van der Waals surface area contributed by atoms with E-state index in [0.717, 1.165) is 27.4 Å². The van der Waals surface area contributed by atoms with Crippen LogP contribution in [0.1, 0.15) is 15.6 Å². The maximum atomic E-state index is 4.49. The molecular weight excluding hydrogens is 284 g/mol. The lowest BCUT2D eigenvalue weighted by molar-refractivity contribution is 1.07. The number of hydrogen-bond donors (Lipinski definition) is 1. The number of thiazole rings is 1. The third-order valence-electron chi connectivity index (χ3n) is 2.36. The van der Waals surface area contributed by atoms with Crippen LogP contribution in [0.25, 0.3) is 0 Å². The van der Waals surface area contributed by atoms with Gasteiger partial charge in [0, 0.05) is 15.0 Å². The highest BCUT2D eigenvalue weighted by atomic mass is 79.9. The SMILES string of the molecule is Cc1nc(CNc2ccc(Br)cc2)sc1C. The predicted molar refractivity (Wildman–Crippen MR) is 73.1 cm³/mol. The van der Waals surface area contributed by atoms with Crippen molar-refractivity contribution in [3.8, 4) is 0 Å². The monoisotopic (exact) mass is 296 g/mol. The van der Waals surface area contributed by atoms with Crippen molar-refractivity contribution in [3.05, 3.63) is 44.3 Å². The Morgan fingerprint density at radius 3 is 2.50 bits per heavy atom. The van der Waals surface area contributed by atoms with Crippen molar-refractivity contribution in [1.29, 1.82) is 0 Å². The van der Waals surface area contributed by atoms with Crippen LogP contribution >= 0.6 is 27.3 Å². The second-order valence-electron chi connectivity index (χ2n) is 3.61. The summed E-state index contributed by atoms with van der Waals surface area (Å²) in [6, 6.07) is 8.16. The van der Waals surface area contributed by atoms with E-state index in [-0.39, 0.29) is 0 Å². The Morgan fingerprint density at radius 2 is 1.94 bits per heavy atom. The smallest absolute Gasteiger partial charge is 0.112 e. The molecule has 0 spiro atoms. The number of aryl methyl sites for hydroxylation is 2.